The summed E-state index contributed by atoms with van der Waals surface area (Å²) >= 11 is 0. The summed E-state index contributed by atoms with van der Waals surface area (Å²) in [5, 5.41) is 0.863. The minimum atomic E-state index is -3.12. The average Bonchev–Trinajstić information content (AvgIpc) is 2.42. The Labute approximate surface area is 124 Å². The van der Waals surface area contributed by atoms with Gasteiger partial charge < -0.3 is 5.73 Å². The number of Topliss-reactive ketones (excluding diaryl/α,β-unsaturated/α-hetero) is 1. The second-order valence-electron chi connectivity index (χ2n) is 5.25. The van der Waals surface area contributed by atoms with E-state index in [1.54, 1.807) is 18.2 Å². The lowest BCUT2D eigenvalue weighted by molar-refractivity contribution is 0.0960. The van der Waals surface area contributed by atoms with Crippen LogP contribution in [0.4, 0.5) is 0 Å². The zero-order valence-corrected chi connectivity index (χ0v) is 12.9. The number of aryl methyl sites for hydroxylation is 1. The highest BCUT2D eigenvalue weighted by atomic mass is 32.2. The SMILES string of the molecule is Cc1ccc2cc(C(=O)C(N)CCS(C)(=O)=O)ccc2n1. The Kier molecular flexibility index (Phi) is 4.39. The molecule has 1 aromatic heterocycles. The third kappa shape index (κ3) is 4.09. The van der Waals surface area contributed by atoms with Crippen LogP contribution in [0.5, 0.6) is 0 Å². The Balaban J connectivity index is 2.21. The smallest absolute Gasteiger partial charge is 0.179 e. The third-order valence-electron chi connectivity index (χ3n) is 3.25. The number of aromatic nitrogens is 1. The van der Waals surface area contributed by atoms with Gasteiger partial charge in [-0.15, -0.1) is 0 Å². The molecule has 0 amide bonds. The van der Waals surface area contributed by atoms with E-state index in [2.05, 4.69) is 4.98 Å². The normalized spacial score (nSPS) is 13.3. The molecule has 1 aromatic carbocycles. The van der Waals surface area contributed by atoms with Crippen LogP contribution in [-0.2, 0) is 9.84 Å². The molecule has 0 saturated heterocycles. The summed E-state index contributed by atoms with van der Waals surface area (Å²) in [4.78, 5) is 16.6. The number of benzene rings is 1. The number of nitrogens with two attached hydrogens (primary N) is 1. The molecule has 2 N–H and O–H groups in total. The molecule has 2 rings (SSSR count). The topological polar surface area (TPSA) is 90.1 Å². The van der Waals surface area contributed by atoms with E-state index in [9.17, 15) is 13.2 Å². The van der Waals surface area contributed by atoms with Gasteiger partial charge in [0.15, 0.2) is 5.78 Å². The first-order valence-electron chi connectivity index (χ1n) is 6.61. The number of hydrogen-bond acceptors (Lipinski definition) is 5. The molecule has 112 valence electrons. The summed E-state index contributed by atoms with van der Waals surface area (Å²) in [6.45, 7) is 1.90. The highest BCUT2D eigenvalue weighted by Crippen LogP contribution is 2.16. The average molecular weight is 306 g/mol. The van der Waals surface area contributed by atoms with Crippen molar-refractivity contribution in [2.24, 2.45) is 5.73 Å². The van der Waals surface area contributed by atoms with Crippen LogP contribution >= 0.6 is 0 Å². The molecule has 0 aliphatic heterocycles. The Morgan fingerprint density at radius 2 is 2.00 bits per heavy atom. The van der Waals surface area contributed by atoms with Crippen LogP contribution in [0.1, 0.15) is 22.5 Å². The molecule has 0 fully saturated rings. The van der Waals surface area contributed by atoms with Gasteiger partial charge in [-0.2, -0.15) is 0 Å². The Morgan fingerprint density at radius 3 is 2.67 bits per heavy atom. The highest BCUT2D eigenvalue weighted by molar-refractivity contribution is 7.90. The quantitative estimate of drug-likeness (QED) is 0.845. The van der Waals surface area contributed by atoms with Crippen LogP contribution in [-0.4, -0.2) is 37.2 Å². The maximum Gasteiger partial charge on any atom is 0.179 e. The van der Waals surface area contributed by atoms with E-state index in [0.29, 0.717) is 5.56 Å². The Morgan fingerprint density at radius 1 is 1.29 bits per heavy atom. The monoisotopic (exact) mass is 306 g/mol. The maximum atomic E-state index is 12.2. The van der Waals surface area contributed by atoms with Gasteiger partial charge in [-0.1, -0.05) is 6.07 Å². The molecule has 0 saturated carbocycles. The molecular weight excluding hydrogens is 288 g/mol. The zero-order chi connectivity index (χ0) is 15.6. The minimum Gasteiger partial charge on any atom is -0.321 e. The van der Waals surface area contributed by atoms with Crippen molar-refractivity contribution in [2.75, 3.05) is 12.0 Å². The molecule has 0 aliphatic carbocycles. The van der Waals surface area contributed by atoms with E-state index in [4.69, 9.17) is 5.73 Å². The van der Waals surface area contributed by atoms with Crippen molar-refractivity contribution in [1.82, 2.24) is 4.98 Å². The summed E-state index contributed by atoms with van der Waals surface area (Å²) in [5.74, 6) is -0.338. The Bertz CT molecular complexity index is 785. The van der Waals surface area contributed by atoms with Crippen molar-refractivity contribution in [3.8, 4) is 0 Å². The zero-order valence-electron chi connectivity index (χ0n) is 12.0. The molecule has 2 aromatic rings. The van der Waals surface area contributed by atoms with Crippen molar-refractivity contribution < 1.29 is 13.2 Å². The number of nitrogens with zero attached hydrogens (tertiary/aromatic N) is 1. The molecule has 5 nitrogen and oxygen atoms in total. The van der Waals surface area contributed by atoms with Crippen molar-refractivity contribution in [1.29, 1.82) is 0 Å². The molecule has 0 aliphatic rings. The summed E-state index contributed by atoms with van der Waals surface area (Å²) in [6, 6.07) is 8.16. The van der Waals surface area contributed by atoms with Crippen molar-refractivity contribution in [3.63, 3.8) is 0 Å². The van der Waals surface area contributed by atoms with Crippen molar-refractivity contribution in [2.45, 2.75) is 19.4 Å². The van der Waals surface area contributed by atoms with Gasteiger partial charge in [-0.25, -0.2) is 8.42 Å². The van der Waals surface area contributed by atoms with Gasteiger partial charge in [0.1, 0.15) is 9.84 Å². The summed E-state index contributed by atoms with van der Waals surface area (Å²) < 4.78 is 22.3. The second-order valence-corrected chi connectivity index (χ2v) is 7.51. The largest absolute Gasteiger partial charge is 0.321 e. The maximum absolute atomic E-state index is 12.2. The summed E-state index contributed by atoms with van der Waals surface area (Å²) in [7, 11) is -3.12. The summed E-state index contributed by atoms with van der Waals surface area (Å²) in [6.07, 6.45) is 1.26. The van der Waals surface area contributed by atoms with E-state index < -0.39 is 15.9 Å². The molecule has 21 heavy (non-hydrogen) atoms. The molecule has 0 bridgehead atoms. The number of sulfone groups is 1. The van der Waals surface area contributed by atoms with Crippen LogP contribution in [0.3, 0.4) is 0 Å². The van der Waals surface area contributed by atoms with Crippen LogP contribution in [0.2, 0.25) is 0 Å². The first kappa shape index (κ1) is 15.6. The van der Waals surface area contributed by atoms with Crippen LogP contribution in [0.15, 0.2) is 30.3 Å². The van der Waals surface area contributed by atoms with Gasteiger partial charge in [0, 0.05) is 22.9 Å². The number of carbonyl (C=O) groups is 1. The Hall–Kier alpha value is -1.79. The van der Waals surface area contributed by atoms with Gasteiger partial charge in [0.2, 0.25) is 0 Å². The molecule has 6 heteroatoms. The molecule has 0 radical (unpaired) electrons. The van der Waals surface area contributed by atoms with Crippen LogP contribution < -0.4 is 5.73 Å². The standard InChI is InChI=1S/C15H18N2O3S/c1-10-3-4-11-9-12(5-6-14(11)17-10)15(18)13(16)7-8-21(2,19)20/h3-6,9,13H,7-8,16H2,1-2H3. The molecule has 0 spiro atoms. The molecule has 1 unspecified atom stereocenters. The first-order valence-corrected chi connectivity index (χ1v) is 8.67. The van der Waals surface area contributed by atoms with Gasteiger partial charge in [-0.05, 0) is 37.6 Å². The lowest BCUT2D eigenvalue weighted by Crippen LogP contribution is -2.32. The van der Waals surface area contributed by atoms with E-state index in [1.165, 1.54) is 0 Å². The lowest BCUT2D eigenvalue weighted by atomic mass is 10.0. The first-order chi connectivity index (χ1) is 9.76. The van der Waals surface area contributed by atoms with Gasteiger partial charge in [0.25, 0.3) is 0 Å². The van der Waals surface area contributed by atoms with Crippen LogP contribution in [0, 0.1) is 6.92 Å². The molecular formula is C15H18N2O3S. The number of rotatable bonds is 5. The second kappa shape index (κ2) is 5.91. The van der Waals surface area contributed by atoms with Gasteiger partial charge >= 0.3 is 0 Å². The number of hydrogen-bond donors (Lipinski definition) is 1. The summed E-state index contributed by atoms with van der Waals surface area (Å²) in [5.41, 5.74) is 8.00. The van der Waals surface area contributed by atoms with E-state index in [-0.39, 0.29) is 18.0 Å². The molecule has 1 heterocycles. The number of carbonyl (C=O) groups excluding carboxylic acids is 1. The van der Waals surface area contributed by atoms with Crippen LogP contribution in [0.25, 0.3) is 10.9 Å². The minimum absolute atomic E-state index is 0.0890. The predicted octanol–water partition coefficient (Wildman–Crippen LogP) is 1.49. The molecule has 1 atom stereocenters. The van der Waals surface area contributed by atoms with E-state index in [1.807, 2.05) is 19.1 Å². The van der Waals surface area contributed by atoms with E-state index >= 15 is 0 Å². The fraction of sp³-hybridized carbons (Fsp3) is 0.333. The highest BCUT2D eigenvalue weighted by Gasteiger charge is 2.18. The van der Waals surface area contributed by atoms with Gasteiger partial charge in [0.05, 0.1) is 17.3 Å². The predicted molar refractivity (Wildman–Crippen MR) is 83.1 cm³/mol. The van der Waals surface area contributed by atoms with E-state index in [0.717, 1.165) is 22.9 Å². The lowest BCUT2D eigenvalue weighted by Gasteiger charge is -2.10. The van der Waals surface area contributed by atoms with Crippen molar-refractivity contribution >= 4 is 26.5 Å². The fourth-order valence-corrected chi connectivity index (χ4v) is 2.75. The van der Waals surface area contributed by atoms with Gasteiger partial charge in [-0.3, -0.25) is 9.78 Å². The third-order valence-corrected chi connectivity index (χ3v) is 4.23. The number of pyridine rings is 1. The van der Waals surface area contributed by atoms with Crippen molar-refractivity contribution in [3.05, 3.63) is 41.6 Å². The number of ketones is 1. The fourth-order valence-electron chi connectivity index (χ4n) is 2.07. The number of fused-ring (bicyclic) bond motifs is 1.